The van der Waals surface area contributed by atoms with Gasteiger partial charge in [-0.25, -0.2) is 0 Å². The molecule has 3 saturated heterocycles. The van der Waals surface area contributed by atoms with Crippen molar-refractivity contribution < 1.29 is 17.1 Å². The standard InChI is InChI=1S/C17H14P.C13H18N2P.Fe/c1-3-9-15(10-4-1)18(17-13-7-8-14-17)16-11-5-2-6-12-16;1-2-6-11(5-1)16-14-9-3-7-12(14)13-8-4-10-15(13)16;/h1-14H;1-2,5-6,12-13H,3-4,7-10H2;/q;;+2/t;12-,13-;/m.0./s1. The molecule has 2 nitrogen and oxygen atoms in total. The van der Waals surface area contributed by atoms with Crippen LogP contribution in [-0.2, 0) is 17.1 Å². The maximum Gasteiger partial charge on any atom is 2.00 e. The van der Waals surface area contributed by atoms with Crippen molar-refractivity contribution in [3.05, 3.63) is 123 Å². The number of hydrogen-bond donors (Lipinski definition) is 0. The molecule has 10 radical (unpaired) electrons. The molecule has 0 N–H and O–H groups in total. The fourth-order valence-corrected chi connectivity index (χ4v) is 11.3. The summed E-state index contributed by atoms with van der Waals surface area (Å²) >= 11 is 0. The first-order chi connectivity index (χ1) is 16.9. The van der Waals surface area contributed by atoms with Crippen molar-refractivity contribution in [3.63, 3.8) is 0 Å². The molecule has 2 aromatic carbocycles. The quantitative estimate of drug-likeness (QED) is 0.344. The monoisotopic (exact) mass is 538 g/mol. The molecule has 2 aliphatic carbocycles. The first kappa shape index (κ1) is 26.4. The molecule has 5 heteroatoms. The van der Waals surface area contributed by atoms with Crippen LogP contribution in [0.3, 0.4) is 0 Å². The zero-order valence-corrected chi connectivity index (χ0v) is 22.8. The number of hydrogen-bond acceptors (Lipinski definition) is 2. The predicted octanol–water partition coefficient (Wildman–Crippen LogP) is 6.08. The topological polar surface area (TPSA) is 6.48 Å². The van der Waals surface area contributed by atoms with Gasteiger partial charge < -0.3 is 0 Å². The van der Waals surface area contributed by atoms with Gasteiger partial charge in [-0.05, 0) is 95.6 Å². The molecule has 0 amide bonds. The molecule has 5 fully saturated rings. The summed E-state index contributed by atoms with van der Waals surface area (Å²) in [4.78, 5) is 0. The Balaban J connectivity index is 0.000000141. The molecule has 3 aliphatic heterocycles. The molecule has 7 rings (SSSR count). The summed E-state index contributed by atoms with van der Waals surface area (Å²) in [5, 5.41) is 2.81. The second kappa shape index (κ2) is 12.5. The van der Waals surface area contributed by atoms with Crippen molar-refractivity contribution in [2.45, 2.75) is 37.8 Å². The van der Waals surface area contributed by atoms with Crippen LogP contribution in [0.25, 0.3) is 0 Å². The van der Waals surface area contributed by atoms with Gasteiger partial charge in [-0.1, -0.05) is 60.7 Å². The summed E-state index contributed by atoms with van der Waals surface area (Å²) in [6.45, 7) is 2.68. The molecule has 3 heterocycles. The first-order valence-electron chi connectivity index (χ1n) is 12.6. The van der Waals surface area contributed by atoms with Gasteiger partial charge in [0, 0.05) is 44.7 Å². The SMILES string of the molecule is [CH]1[CH][CH][C](P(c2ccccc2)c2ccccc2)[CH]1.[CH]1[CH][CH][C](P2N3CCC[C@H]3[C@@H]3CCCN32)[CH]1.[Fe+2]. The van der Waals surface area contributed by atoms with Gasteiger partial charge in [0.2, 0.25) is 0 Å². The minimum Gasteiger partial charge on any atom is -0.265 e. The Bertz CT molecular complexity index is 842. The minimum atomic E-state index is -0.409. The Morgan fingerprint density at radius 3 is 1.57 bits per heavy atom. The predicted molar refractivity (Wildman–Crippen MR) is 146 cm³/mol. The molecule has 0 bridgehead atoms. The summed E-state index contributed by atoms with van der Waals surface area (Å²) in [7, 11) is -0.526. The van der Waals surface area contributed by atoms with Gasteiger partial charge >= 0.3 is 17.1 Å². The van der Waals surface area contributed by atoms with E-state index in [4.69, 9.17) is 0 Å². The largest absolute Gasteiger partial charge is 2.00 e. The average Bonchev–Trinajstić information content (AvgIpc) is 3.70. The van der Waals surface area contributed by atoms with E-state index >= 15 is 0 Å². The Labute approximate surface area is 226 Å². The fraction of sp³-hybridized carbons (Fsp3) is 0.267. The number of fused-ring (bicyclic) bond motifs is 3. The molecule has 2 saturated carbocycles. The molecule has 0 spiro atoms. The zero-order valence-electron chi connectivity index (χ0n) is 19.9. The van der Waals surface area contributed by atoms with Gasteiger partial charge in [0.1, 0.15) is 0 Å². The Morgan fingerprint density at radius 2 is 1.09 bits per heavy atom. The number of benzene rings is 2. The molecule has 0 aromatic heterocycles. The van der Waals surface area contributed by atoms with Crippen LogP contribution in [0.1, 0.15) is 25.7 Å². The second-order valence-electron chi connectivity index (χ2n) is 9.33. The summed E-state index contributed by atoms with van der Waals surface area (Å²) in [5.41, 5.74) is 3.01. The third-order valence-corrected chi connectivity index (χ3v) is 12.4. The Kier molecular flexibility index (Phi) is 9.43. The second-order valence-corrected chi connectivity index (χ2v) is 13.7. The zero-order chi connectivity index (χ0) is 22.7. The molecule has 178 valence electrons. The van der Waals surface area contributed by atoms with Crippen LogP contribution in [0, 0.1) is 62.7 Å². The van der Waals surface area contributed by atoms with Crippen molar-refractivity contribution in [2.24, 2.45) is 0 Å². The summed E-state index contributed by atoms with van der Waals surface area (Å²) in [5.74, 6) is 0. The van der Waals surface area contributed by atoms with Crippen LogP contribution in [-0.4, -0.2) is 34.5 Å². The molecule has 5 aliphatic rings. The van der Waals surface area contributed by atoms with Crippen molar-refractivity contribution >= 4 is 26.8 Å². The molecular formula is C30H32FeN2P2+2. The van der Waals surface area contributed by atoms with Gasteiger partial charge in [-0.15, -0.1) is 0 Å². The minimum absolute atomic E-state index is 0. The van der Waals surface area contributed by atoms with Crippen LogP contribution in [0.15, 0.2) is 60.7 Å². The van der Waals surface area contributed by atoms with Crippen molar-refractivity contribution in [1.82, 2.24) is 9.34 Å². The van der Waals surface area contributed by atoms with E-state index in [0.717, 1.165) is 12.1 Å². The number of rotatable bonds is 4. The molecular weight excluding hydrogens is 506 g/mol. The number of nitrogens with zero attached hydrogens (tertiary/aromatic N) is 2. The maximum absolute atomic E-state index is 2.83. The fourth-order valence-electron chi connectivity index (χ4n) is 5.86. The third-order valence-electron chi connectivity index (χ3n) is 7.28. The first-order valence-corrected chi connectivity index (χ1v) is 15.2. The van der Waals surface area contributed by atoms with Crippen LogP contribution in [0.2, 0.25) is 0 Å². The molecule has 35 heavy (non-hydrogen) atoms. The summed E-state index contributed by atoms with van der Waals surface area (Å²) in [6, 6.07) is 23.3. The molecule has 0 unspecified atom stereocenters. The van der Waals surface area contributed by atoms with Gasteiger partial charge in [-0.3, -0.25) is 9.34 Å². The van der Waals surface area contributed by atoms with E-state index in [9.17, 15) is 0 Å². The van der Waals surface area contributed by atoms with Crippen LogP contribution >= 0.6 is 16.1 Å². The Hall–Kier alpha value is -0.261. The smallest absolute Gasteiger partial charge is 0.265 e. The maximum atomic E-state index is 2.83. The summed E-state index contributed by atoms with van der Waals surface area (Å²) in [6.07, 6.45) is 23.5. The molecule has 2 aromatic rings. The van der Waals surface area contributed by atoms with Crippen molar-refractivity contribution in [2.75, 3.05) is 13.1 Å². The summed E-state index contributed by atoms with van der Waals surface area (Å²) < 4.78 is 5.66. The normalized spacial score (nSPS) is 27.6. The van der Waals surface area contributed by atoms with E-state index in [1.54, 1.807) is 5.66 Å². The van der Waals surface area contributed by atoms with E-state index in [0.29, 0.717) is 0 Å². The molecule has 2 atom stereocenters. The van der Waals surface area contributed by atoms with E-state index in [-0.39, 0.29) is 25.3 Å². The van der Waals surface area contributed by atoms with Crippen LogP contribution in [0.4, 0.5) is 0 Å². The van der Waals surface area contributed by atoms with Crippen molar-refractivity contribution in [1.29, 1.82) is 0 Å². The van der Waals surface area contributed by atoms with Crippen molar-refractivity contribution in [3.8, 4) is 0 Å². The van der Waals surface area contributed by atoms with E-state index in [2.05, 4.69) is 121 Å². The van der Waals surface area contributed by atoms with Gasteiger partial charge in [0.25, 0.3) is 0 Å². The van der Waals surface area contributed by atoms with Crippen LogP contribution in [0.5, 0.6) is 0 Å². The van der Waals surface area contributed by atoms with E-state index in [1.807, 2.05) is 0 Å². The Morgan fingerprint density at radius 1 is 0.629 bits per heavy atom. The van der Waals surface area contributed by atoms with E-state index in [1.165, 1.54) is 55.0 Å². The average molecular weight is 538 g/mol. The van der Waals surface area contributed by atoms with Gasteiger partial charge in [0.15, 0.2) is 0 Å². The van der Waals surface area contributed by atoms with Gasteiger partial charge in [-0.2, -0.15) is 0 Å². The van der Waals surface area contributed by atoms with Crippen LogP contribution < -0.4 is 10.6 Å². The van der Waals surface area contributed by atoms with Gasteiger partial charge in [0.05, 0.1) is 0 Å². The van der Waals surface area contributed by atoms with E-state index < -0.39 is 7.92 Å². The third kappa shape index (κ3) is 5.62.